The minimum Gasteiger partial charge on any atom is -0.466 e. The number of aromatic nitrogens is 2. The molecule has 5 heteroatoms. The number of carbonyl (C=O) groups is 1. The average Bonchev–Trinajstić information content (AvgIpc) is 3.16. The van der Waals surface area contributed by atoms with Gasteiger partial charge in [-0.3, -0.25) is 9.69 Å². The van der Waals surface area contributed by atoms with Gasteiger partial charge in [0.15, 0.2) is 0 Å². The fraction of sp³-hybridized carbons (Fsp3) is 0.565. The summed E-state index contributed by atoms with van der Waals surface area (Å²) in [5.41, 5.74) is 0.936. The molecule has 1 saturated heterocycles. The molecule has 2 aromatic rings. The standard InChI is InChI=1S/C23H33N3O2/c1-3-26-17-15-24-21(26)18-25-16-9-14-23(19-25,22(27)28-4-2)13-8-12-20-10-6-5-7-11-20/h5-7,10-11,15,17H,3-4,8-9,12-14,16,18-19H2,1-2H3/t23-/m0/s1. The summed E-state index contributed by atoms with van der Waals surface area (Å²) in [6, 6.07) is 10.5. The number of hydrogen-bond acceptors (Lipinski definition) is 4. The largest absolute Gasteiger partial charge is 0.466 e. The molecular formula is C23H33N3O2. The Morgan fingerprint density at radius 2 is 2.07 bits per heavy atom. The van der Waals surface area contributed by atoms with Gasteiger partial charge in [0, 0.05) is 25.5 Å². The molecule has 0 radical (unpaired) electrons. The third-order valence-electron chi connectivity index (χ3n) is 5.84. The normalized spacial score (nSPS) is 20.2. The molecule has 0 amide bonds. The van der Waals surface area contributed by atoms with E-state index in [1.165, 1.54) is 5.56 Å². The number of ether oxygens (including phenoxy) is 1. The van der Waals surface area contributed by atoms with E-state index in [4.69, 9.17) is 4.74 Å². The van der Waals surface area contributed by atoms with Crippen LogP contribution in [0.3, 0.4) is 0 Å². The highest BCUT2D eigenvalue weighted by Gasteiger charge is 2.43. The van der Waals surface area contributed by atoms with E-state index < -0.39 is 5.41 Å². The number of nitrogens with zero attached hydrogens (tertiary/aromatic N) is 3. The topological polar surface area (TPSA) is 47.4 Å². The first-order chi connectivity index (χ1) is 13.7. The number of aryl methyl sites for hydroxylation is 2. The van der Waals surface area contributed by atoms with Gasteiger partial charge in [-0.1, -0.05) is 30.3 Å². The quantitative estimate of drug-likeness (QED) is 0.613. The van der Waals surface area contributed by atoms with Gasteiger partial charge in [-0.05, 0) is 58.1 Å². The van der Waals surface area contributed by atoms with Crippen LogP contribution < -0.4 is 0 Å². The molecule has 0 unspecified atom stereocenters. The van der Waals surface area contributed by atoms with Crippen LogP contribution in [-0.2, 0) is 29.0 Å². The van der Waals surface area contributed by atoms with Crippen LogP contribution in [0.2, 0.25) is 0 Å². The van der Waals surface area contributed by atoms with E-state index in [1.54, 1.807) is 0 Å². The van der Waals surface area contributed by atoms with Crippen LogP contribution in [-0.4, -0.2) is 40.1 Å². The monoisotopic (exact) mass is 383 g/mol. The van der Waals surface area contributed by atoms with E-state index in [0.29, 0.717) is 6.61 Å². The van der Waals surface area contributed by atoms with Crippen LogP contribution in [0.1, 0.15) is 50.9 Å². The van der Waals surface area contributed by atoms with Crippen LogP contribution in [0.15, 0.2) is 42.7 Å². The molecule has 2 heterocycles. The maximum Gasteiger partial charge on any atom is 0.313 e. The second-order valence-electron chi connectivity index (χ2n) is 7.78. The summed E-state index contributed by atoms with van der Waals surface area (Å²) in [4.78, 5) is 19.9. The SMILES string of the molecule is CCOC(=O)[C@@]1(CCCc2ccccc2)CCCN(Cc2nccn2CC)C1. The Morgan fingerprint density at radius 1 is 1.25 bits per heavy atom. The number of esters is 1. The van der Waals surface area contributed by atoms with E-state index in [1.807, 2.05) is 25.4 Å². The molecule has 1 aliphatic rings. The van der Waals surface area contributed by atoms with E-state index in [-0.39, 0.29) is 5.97 Å². The van der Waals surface area contributed by atoms with Gasteiger partial charge in [-0.2, -0.15) is 0 Å². The lowest BCUT2D eigenvalue weighted by Gasteiger charge is -2.41. The number of hydrogen-bond donors (Lipinski definition) is 0. The van der Waals surface area contributed by atoms with Crippen molar-refractivity contribution in [3.63, 3.8) is 0 Å². The second kappa shape index (κ2) is 9.87. The first-order valence-corrected chi connectivity index (χ1v) is 10.6. The van der Waals surface area contributed by atoms with Crippen molar-refractivity contribution in [2.24, 2.45) is 5.41 Å². The molecule has 3 rings (SSSR count). The third kappa shape index (κ3) is 5.02. The van der Waals surface area contributed by atoms with Gasteiger partial charge in [-0.15, -0.1) is 0 Å². The zero-order chi connectivity index (χ0) is 19.8. The fourth-order valence-electron chi connectivity index (χ4n) is 4.37. The summed E-state index contributed by atoms with van der Waals surface area (Å²) in [7, 11) is 0. The number of imidazole rings is 1. The van der Waals surface area contributed by atoms with Gasteiger partial charge >= 0.3 is 5.97 Å². The van der Waals surface area contributed by atoms with E-state index in [2.05, 4.69) is 45.6 Å². The molecule has 1 aromatic heterocycles. The molecule has 152 valence electrons. The Balaban J connectivity index is 1.68. The van der Waals surface area contributed by atoms with Crippen molar-refractivity contribution in [2.45, 2.75) is 59.0 Å². The average molecular weight is 384 g/mol. The number of piperidine rings is 1. The summed E-state index contributed by atoms with van der Waals surface area (Å²) in [6.07, 6.45) is 8.71. The molecule has 0 bridgehead atoms. The Hall–Kier alpha value is -2.14. The highest BCUT2D eigenvalue weighted by Crippen LogP contribution is 2.37. The van der Waals surface area contributed by atoms with E-state index in [9.17, 15) is 4.79 Å². The van der Waals surface area contributed by atoms with Crippen LogP contribution in [0, 0.1) is 5.41 Å². The van der Waals surface area contributed by atoms with E-state index >= 15 is 0 Å². The number of rotatable bonds is 9. The molecule has 1 atom stereocenters. The number of likely N-dealkylation sites (tertiary alicyclic amines) is 1. The zero-order valence-corrected chi connectivity index (χ0v) is 17.3. The van der Waals surface area contributed by atoms with Crippen LogP contribution >= 0.6 is 0 Å². The first kappa shape index (κ1) is 20.6. The van der Waals surface area contributed by atoms with Crippen molar-refractivity contribution in [3.05, 3.63) is 54.1 Å². The van der Waals surface area contributed by atoms with Crippen molar-refractivity contribution in [3.8, 4) is 0 Å². The maximum atomic E-state index is 13.0. The molecule has 28 heavy (non-hydrogen) atoms. The highest BCUT2D eigenvalue weighted by molar-refractivity contribution is 5.77. The molecule has 5 nitrogen and oxygen atoms in total. The van der Waals surface area contributed by atoms with Gasteiger partial charge in [0.05, 0.1) is 18.6 Å². The van der Waals surface area contributed by atoms with E-state index in [0.717, 1.165) is 64.1 Å². The van der Waals surface area contributed by atoms with Crippen molar-refractivity contribution in [1.82, 2.24) is 14.5 Å². The number of benzene rings is 1. The van der Waals surface area contributed by atoms with Gasteiger partial charge in [0.25, 0.3) is 0 Å². The summed E-state index contributed by atoms with van der Waals surface area (Å²) < 4.78 is 7.71. The number of carbonyl (C=O) groups excluding carboxylic acids is 1. The zero-order valence-electron chi connectivity index (χ0n) is 17.3. The predicted molar refractivity (Wildman–Crippen MR) is 111 cm³/mol. The Labute approximate surface area is 168 Å². The summed E-state index contributed by atoms with van der Waals surface area (Å²) >= 11 is 0. The highest BCUT2D eigenvalue weighted by atomic mass is 16.5. The molecule has 1 aromatic carbocycles. The van der Waals surface area contributed by atoms with Crippen LogP contribution in [0.4, 0.5) is 0 Å². The van der Waals surface area contributed by atoms with Crippen molar-refractivity contribution >= 4 is 5.97 Å². The Morgan fingerprint density at radius 3 is 2.82 bits per heavy atom. The first-order valence-electron chi connectivity index (χ1n) is 10.6. The minimum absolute atomic E-state index is 0.0217. The third-order valence-corrected chi connectivity index (χ3v) is 5.84. The van der Waals surface area contributed by atoms with Gasteiger partial charge in [0.1, 0.15) is 5.82 Å². The predicted octanol–water partition coefficient (Wildman–Crippen LogP) is 4.07. The molecule has 0 aliphatic carbocycles. The van der Waals surface area contributed by atoms with Crippen molar-refractivity contribution in [1.29, 1.82) is 0 Å². The Kier molecular flexibility index (Phi) is 7.26. The second-order valence-corrected chi connectivity index (χ2v) is 7.78. The smallest absolute Gasteiger partial charge is 0.313 e. The summed E-state index contributed by atoms with van der Waals surface area (Å²) in [5, 5.41) is 0. The van der Waals surface area contributed by atoms with Crippen LogP contribution in [0.5, 0.6) is 0 Å². The Bertz CT molecular complexity index is 743. The molecule has 1 aliphatic heterocycles. The van der Waals surface area contributed by atoms with Crippen LogP contribution in [0.25, 0.3) is 0 Å². The molecular weight excluding hydrogens is 350 g/mol. The fourth-order valence-corrected chi connectivity index (χ4v) is 4.37. The minimum atomic E-state index is -0.396. The molecule has 0 N–H and O–H groups in total. The summed E-state index contributed by atoms with van der Waals surface area (Å²) in [6.45, 7) is 7.96. The lowest BCUT2D eigenvalue weighted by atomic mass is 9.75. The lowest BCUT2D eigenvalue weighted by Crippen LogP contribution is -2.48. The van der Waals surface area contributed by atoms with Gasteiger partial charge in [0.2, 0.25) is 0 Å². The molecule has 0 spiro atoms. The maximum absolute atomic E-state index is 13.0. The summed E-state index contributed by atoms with van der Waals surface area (Å²) in [5.74, 6) is 1.05. The lowest BCUT2D eigenvalue weighted by molar-refractivity contribution is -0.160. The molecule has 0 saturated carbocycles. The van der Waals surface area contributed by atoms with Gasteiger partial charge < -0.3 is 9.30 Å². The molecule has 1 fully saturated rings. The van der Waals surface area contributed by atoms with Crippen molar-refractivity contribution < 1.29 is 9.53 Å². The van der Waals surface area contributed by atoms with Crippen molar-refractivity contribution in [2.75, 3.05) is 19.7 Å². The van der Waals surface area contributed by atoms with Gasteiger partial charge in [-0.25, -0.2) is 4.98 Å².